The maximum atomic E-state index is 13.5. The number of hydrogen-bond acceptors (Lipinski definition) is 2. The largest absolute Gasteiger partial charge is 0.395 e. The van der Waals surface area contributed by atoms with Crippen molar-refractivity contribution in [2.24, 2.45) is 5.92 Å². The van der Waals surface area contributed by atoms with Crippen molar-refractivity contribution in [2.75, 3.05) is 13.7 Å². The number of halogens is 1. The maximum absolute atomic E-state index is 13.5. The van der Waals surface area contributed by atoms with Crippen molar-refractivity contribution in [3.05, 3.63) is 35.1 Å². The lowest BCUT2D eigenvalue weighted by Gasteiger charge is -2.28. The molecule has 21 heavy (non-hydrogen) atoms. The molecule has 1 N–H and O–H groups in total. The highest BCUT2D eigenvalue weighted by atomic mass is 19.1. The summed E-state index contributed by atoms with van der Waals surface area (Å²) in [6.07, 6.45) is 0.323. The molecule has 1 rings (SSSR count). The first-order chi connectivity index (χ1) is 9.88. The van der Waals surface area contributed by atoms with Crippen LogP contribution in [0.4, 0.5) is 4.39 Å². The molecule has 1 amide bonds. The van der Waals surface area contributed by atoms with E-state index < -0.39 is 5.82 Å². The molecule has 0 heterocycles. The quantitative estimate of drug-likeness (QED) is 0.866. The van der Waals surface area contributed by atoms with Crippen LogP contribution >= 0.6 is 0 Å². The van der Waals surface area contributed by atoms with Crippen LogP contribution in [0.1, 0.15) is 43.1 Å². The van der Waals surface area contributed by atoms with E-state index in [-0.39, 0.29) is 24.1 Å². The van der Waals surface area contributed by atoms with Crippen molar-refractivity contribution in [3.8, 4) is 11.8 Å². The minimum atomic E-state index is -0.461. The standard InChI is InChI=1S/C17H22FNO2/c1-12(2)13(3)19(4)17(21)16-11-15(18)9-8-14(16)7-5-6-10-20/h8-9,11-13,20H,6,10H2,1-4H3. The van der Waals surface area contributed by atoms with Gasteiger partial charge in [-0.3, -0.25) is 4.79 Å². The van der Waals surface area contributed by atoms with Gasteiger partial charge in [-0.05, 0) is 31.0 Å². The Morgan fingerprint density at radius 2 is 2.05 bits per heavy atom. The first-order valence-corrected chi connectivity index (χ1v) is 7.05. The van der Waals surface area contributed by atoms with Gasteiger partial charge in [-0.15, -0.1) is 0 Å². The van der Waals surface area contributed by atoms with Crippen molar-refractivity contribution >= 4 is 5.91 Å². The molecule has 0 aliphatic carbocycles. The Morgan fingerprint density at radius 1 is 1.38 bits per heavy atom. The summed E-state index contributed by atoms with van der Waals surface area (Å²) < 4.78 is 13.5. The van der Waals surface area contributed by atoms with Crippen molar-refractivity contribution in [1.82, 2.24) is 4.90 Å². The van der Waals surface area contributed by atoms with Gasteiger partial charge in [-0.2, -0.15) is 0 Å². The van der Waals surface area contributed by atoms with E-state index in [2.05, 4.69) is 11.8 Å². The van der Waals surface area contributed by atoms with Crippen LogP contribution in [0.25, 0.3) is 0 Å². The zero-order chi connectivity index (χ0) is 16.0. The predicted octanol–water partition coefficient (Wildman–Crippen LogP) is 2.68. The van der Waals surface area contributed by atoms with E-state index in [1.54, 1.807) is 11.9 Å². The van der Waals surface area contributed by atoms with Gasteiger partial charge in [0, 0.05) is 25.1 Å². The fraction of sp³-hybridized carbons (Fsp3) is 0.471. The fourth-order valence-electron chi connectivity index (χ4n) is 1.84. The molecule has 4 heteroatoms. The van der Waals surface area contributed by atoms with Crippen LogP contribution in [0.5, 0.6) is 0 Å². The SMILES string of the molecule is CC(C)C(C)N(C)C(=O)c1cc(F)ccc1C#CCCO. The molecular formula is C17H22FNO2. The van der Waals surface area contributed by atoms with Crippen LogP contribution in [0.15, 0.2) is 18.2 Å². The highest BCUT2D eigenvalue weighted by Crippen LogP contribution is 2.16. The van der Waals surface area contributed by atoms with E-state index in [9.17, 15) is 9.18 Å². The van der Waals surface area contributed by atoms with Gasteiger partial charge in [0.15, 0.2) is 0 Å². The minimum absolute atomic E-state index is 0.0399. The summed E-state index contributed by atoms with van der Waals surface area (Å²) in [7, 11) is 1.71. The Morgan fingerprint density at radius 3 is 2.62 bits per heavy atom. The number of benzene rings is 1. The molecule has 0 saturated heterocycles. The number of hydrogen-bond donors (Lipinski definition) is 1. The van der Waals surface area contributed by atoms with E-state index in [1.165, 1.54) is 18.2 Å². The smallest absolute Gasteiger partial charge is 0.255 e. The average Bonchev–Trinajstić information content (AvgIpc) is 2.46. The highest BCUT2D eigenvalue weighted by Gasteiger charge is 2.22. The number of aliphatic hydroxyl groups excluding tert-OH is 1. The number of amides is 1. The first kappa shape index (κ1) is 17.2. The second kappa shape index (κ2) is 7.80. The van der Waals surface area contributed by atoms with Crippen LogP contribution < -0.4 is 0 Å². The molecule has 0 saturated carbocycles. The van der Waals surface area contributed by atoms with Crippen LogP contribution in [-0.4, -0.2) is 35.6 Å². The van der Waals surface area contributed by atoms with E-state index in [0.29, 0.717) is 17.9 Å². The van der Waals surface area contributed by atoms with E-state index in [4.69, 9.17) is 5.11 Å². The predicted molar refractivity (Wildman–Crippen MR) is 81.4 cm³/mol. The summed E-state index contributed by atoms with van der Waals surface area (Å²) in [6.45, 7) is 5.98. The normalized spacial score (nSPS) is 11.8. The Hall–Kier alpha value is -1.86. The van der Waals surface area contributed by atoms with Gasteiger partial charge in [-0.1, -0.05) is 25.7 Å². The molecule has 1 aromatic carbocycles. The van der Waals surface area contributed by atoms with Gasteiger partial charge < -0.3 is 10.0 Å². The summed E-state index contributed by atoms with van der Waals surface area (Å²) in [6, 6.07) is 4.04. The number of aliphatic hydroxyl groups is 1. The Labute approximate surface area is 125 Å². The molecule has 0 radical (unpaired) electrons. The molecule has 0 fully saturated rings. The molecule has 114 valence electrons. The third-order valence-corrected chi connectivity index (χ3v) is 3.57. The maximum Gasteiger partial charge on any atom is 0.255 e. The summed E-state index contributed by atoms with van der Waals surface area (Å²) in [5, 5.41) is 8.75. The molecule has 0 aromatic heterocycles. The van der Waals surface area contributed by atoms with E-state index in [0.717, 1.165) is 0 Å². The van der Waals surface area contributed by atoms with Crippen molar-refractivity contribution in [3.63, 3.8) is 0 Å². The number of carbonyl (C=O) groups excluding carboxylic acids is 1. The molecule has 1 aromatic rings. The third kappa shape index (κ3) is 4.57. The lowest BCUT2D eigenvalue weighted by Crippen LogP contribution is -2.38. The Balaban J connectivity index is 3.13. The average molecular weight is 291 g/mol. The van der Waals surface area contributed by atoms with Crippen LogP contribution in [0.2, 0.25) is 0 Å². The molecule has 3 nitrogen and oxygen atoms in total. The monoisotopic (exact) mass is 291 g/mol. The van der Waals surface area contributed by atoms with E-state index >= 15 is 0 Å². The second-order valence-electron chi connectivity index (χ2n) is 5.37. The van der Waals surface area contributed by atoms with Crippen LogP contribution in [0, 0.1) is 23.6 Å². The Kier molecular flexibility index (Phi) is 6.39. The van der Waals surface area contributed by atoms with Gasteiger partial charge in [0.05, 0.1) is 12.2 Å². The third-order valence-electron chi connectivity index (χ3n) is 3.57. The Bertz CT molecular complexity index is 558. The lowest BCUT2D eigenvalue weighted by atomic mass is 10.0. The number of rotatable bonds is 4. The van der Waals surface area contributed by atoms with Gasteiger partial charge in [0.2, 0.25) is 0 Å². The van der Waals surface area contributed by atoms with Gasteiger partial charge in [0.1, 0.15) is 5.82 Å². The second-order valence-corrected chi connectivity index (χ2v) is 5.37. The van der Waals surface area contributed by atoms with Gasteiger partial charge >= 0.3 is 0 Å². The molecule has 1 atom stereocenters. The topological polar surface area (TPSA) is 40.5 Å². The molecular weight excluding hydrogens is 269 g/mol. The number of nitrogens with zero attached hydrogens (tertiary/aromatic N) is 1. The zero-order valence-electron chi connectivity index (χ0n) is 13.0. The number of carbonyl (C=O) groups is 1. The van der Waals surface area contributed by atoms with Crippen molar-refractivity contribution in [1.29, 1.82) is 0 Å². The summed E-state index contributed by atoms with van der Waals surface area (Å²) in [4.78, 5) is 14.1. The van der Waals surface area contributed by atoms with Gasteiger partial charge in [0.25, 0.3) is 5.91 Å². The fourth-order valence-corrected chi connectivity index (χ4v) is 1.84. The van der Waals surface area contributed by atoms with Crippen molar-refractivity contribution < 1.29 is 14.3 Å². The summed E-state index contributed by atoms with van der Waals surface area (Å²) in [5.41, 5.74) is 0.744. The van der Waals surface area contributed by atoms with Crippen LogP contribution in [-0.2, 0) is 0 Å². The van der Waals surface area contributed by atoms with Crippen molar-refractivity contribution in [2.45, 2.75) is 33.2 Å². The van der Waals surface area contributed by atoms with E-state index in [1.807, 2.05) is 20.8 Å². The van der Waals surface area contributed by atoms with Gasteiger partial charge in [-0.25, -0.2) is 4.39 Å². The first-order valence-electron chi connectivity index (χ1n) is 7.05. The lowest BCUT2D eigenvalue weighted by molar-refractivity contribution is 0.0706. The molecule has 0 aliphatic rings. The summed E-state index contributed by atoms with van der Waals surface area (Å²) >= 11 is 0. The molecule has 0 bridgehead atoms. The van der Waals surface area contributed by atoms with Crippen LogP contribution in [0.3, 0.4) is 0 Å². The highest BCUT2D eigenvalue weighted by molar-refractivity contribution is 5.96. The molecule has 1 unspecified atom stereocenters. The zero-order valence-corrected chi connectivity index (χ0v) is 13.0. The molecule has 0 aliphatic heterocycles. The summed E-state index contributed by atoms with van der Waals surface area (Å²) in [5.74, 6) is 5.18. The minimum Gasteiger partial charge on any atom is -0.395 e. The molecule has 0 spiro atoms.